The molecule has 0 aliphatic heterocycles. The van der Waals surface area contributed by atoms with Gasteiger partial charge in [0.1, 0.15) is 5.75 Å². The Morgan fingerprint density at radius 3 is 2.33 bits per heavy atom. The Morgan fingerprint density at radius 2 is 1.76 bits per heavy atom. The molecule has 108 valence electrons. The molecule has 0 saturated heterocycles. The van der Waals surface area contributed by atoms with Crippen LogP contribution >= 0.6 is 11.6 Å². The molecule has 21 heavy (non-hydrogen) atoms. The summed E-state index contributed by atoms with van der Waals surface area (Å²) in [6.45, 7) is 1.68. The van der Waals surface area contributed by atoms with E-state index in [9.17, 15) is 14.7 Å². The summed E-state index contributed by atoms with van der Waals surface area (Å²) in [6.07, 6.45) is 0. The average molecular weight is 306 g/mol. The first-order valence-electron chi connectivity index (χ1n) is 6.02. The highest BCUT2D eigenvalue weighted by Crippen LogP contribution is 2.24. The highest BCUT2D eigenvalue weighted by atomic mass is 35.5. The number of halogens is 1. The number of carboxylic acid groups (broad SMARTS) is 1. The first-order chi connectivity index (χ1) is 9.88. The molecule has 2 rings (SSSR count). The van der Waals surface area contributed by atoms with Crippen LogP contribution in [0.4, 0.5) is 5.69 Å². The molecule has 0 spiro atoms. The number of amides is 1. The Bertz CT molecular complexity index is 728. The number of hydrogen-bond acceptors (Lipinski definition) is 3. The van der Waals surface area contributed by atoms with Crippen LogP contribution in [-0.2, 0) is 0 Å². The van der Waals surface area contributed by atoms with E-state index in [2.05, 4.69) is 5.32 Å². The second-order valence-corrected chi connectivity index (χ2v) is 4.86. The van der Waals surface area contributed by atoms with Gasteiger partial charge in [0.15, 0.2) is 0 Å². The fourth-order valence-electron chi connectivity index (χ4n) is 1.74. The van der Waals surface area contributed by atoms with Gasteiger partial charge in [0.05, 0.1) is 16.3 Å². The molecule has 0 bridgehead atoms. The first kappa shape index (κ1) is 14.9. The SMILES string of the molecule is Cc1cc(C(=O)Nc2ccc(C(=O)O)cc2Cl)ccc1O. The number of benzene rings is 2. The quantitative estimate of drug-likeness (QED) is 0.812. The van der Waals surface area contributed by atoms with Gasteiger partial charge in [0.2, 0.25) is 0 Å². The fraction of sp³-hybridized carbons (Fsp3) is 0.0667. The van der Waals surface area contributed by atoms with Gasteiger partial charge in [0, 0.05) is 5.56 Å². The zero-order valence-electron chi connectivity index (χ0n) is 11.1. The third-order valence-electron chi connectivity index (χ3n) is 2.92. The number of carbonyl (C=O) groups excluding carboxylic acids is 1. The number of rotatable bonds is 3. The highest BCUT2D eigenvalue weighted by molar-refractivity contribution is 6.34. The van der Waals surface area contributed by atoms with E-state index in [0.717, 1.165) is 0 Å². The van der Waals surface area contributed by atoms with Crippen LogP contribution in [0.2, 0.25) is 5.02 Å². The molecule has 2 aromatic rings. The molecular weight excluding hydrogens is 294 g/mol. The maximum Gasteiger partial charge on any atom is 0.335 e. The lowest BCUT2D eigenvalue weighted by molar-refractivity contribution is 0.0696. The molecule has 2 aromatic carbocycles. The van der Waals surface area contributed by atoms with Crippen molar-refractivity contribution in [2.45, 2.75) is 6.92 Å². The van der Waals surface area contributed by atoms with E-state index in [1.165, 1.54) is 30.3 Å². The Labute approximate surface area is 125 Å². The van der Waals surface area contributed by atoms with Crippen molar-refractivity contribution >= 4 is 29.2 Å². The third-order valence-corrected chi connectivity index (χ3v) is 3.24. The van der Waals surface area contributed by atoms with Gasteiger partial charge in [-0.15, -0.1) is 0 Å². The van der Waals surface area contributed by atoms with Crippen LogP contribution in [0.5, 0.6) is 5.75 Å². The van der Waals surface area contributed by atoms with E-state index >= 15 is 0 Å². The number of carboxylic acids is 1. The van der Waals surface area contributed by atoms with E-state index in [0.29, 0.717) is 16.8 Å². The number of phenols is 1. The molecule has 0 saturated carbocycles. The minimum atomic E-state index is -1.09. The number of phenolic OH excluding ortho intramolecular Hbond substituents is 1. The summed E-state index contributed by atoms with van der Waals surface area (Å²) in [6, 6.07) is 8.51. The summed E-state index contributed by atoms with van der Waals surface area (Å²) in [5.74, 6) is -1.39. The topological polar surface area (TPSA) is 86.6 Å². The maximum absolute atomic E-state index is 12.1. The highest BCUT2D eigenvalue weighted by Gasteiger charge is 2.12. The number of hydrogen-bond donors (Lipinski definition) is 3. The molecule has 5 nitrogen and oxygen atoms in total. The number of aromatic carboxylic acids is 1. The van der Waals surface area contributed by atoms with Crippen molar-refractivity contribution in [2.75, 3.05) is 5.32 Å². The van der Waals surface area contributed by atoms with Crippen molar-refractivity contribution in [3.8, 4) is 5.75 Å². The largest absolute Gasteiger partial charge is 0.508 e. The molecule has 0 unspecified atom stereocenters. The molecule has 3 N–H and O–H groups in total. The minimum absolute atomic E-state index is 0.0403. The van der Waals surface area contributed by atoms with Crippen molar-refractivity contribution in [3.05, 3.63) is 58.1 Å². The molecule has 0 aromatic heterocycles. The van der Waals surface area contributed by atoms with Gasteiger partial charge >= 0.3 is 5.97 Å². The molecule has 6 heteroatoms. The van der Waals surface area contributed by atoms with E-state index < -0.39 is 11.9 Å². The molecule has 1 amide bonds. The summed E-state index contributed by atoms with van der Waals surface area (Å²) < 4.78 is 0. The van der Waals surface area contributed by atoms with Gasteiger partial charge in [0.25, 0.3) is 5.91 Å². The Morgan fingerprint density at radius 1 is 1.10 bits per heavy atom. The van der Waals surface area contributed by atoms with Crippen LogP contribution in [0.1, 0.15) is 26.3 Å². The summed E-state index contributed by atoms with van der Waals surface area (Å²) in [4.78, 5) is 22.9. The lowest BCUT2D eigenvalue weighted by Crippen LogP contribution is -2.12. The zero-order chi connectivity index (χ0) is 15.6. The van der Waals surface area contributed by atoms with Gasteiger partial charge < -0.3 is 15.5 Å². The van der Waals surface area contributed by atoms with Crippen molar-refractivity contribution in [3.63, 3.8) is 0 Å². The molecule has 0 heterocycles. The summed E-state index contributed by atoms with van der Waals surface area (Å²) >= 11 is 5.94. The van der Waals surface area contributed by atoms with E-state index in [1.54, 1.807) is 13.0 Å². The van der Waals surface area contributed by atoms with Crippen molar-refractivity contribution in [1.29, 1.82) is 0 Å². The van der Waals surface area contributed by atoms with Gasteiger partial charge in [-0.05, 0) is 48.9 Å². The van der Waals surface area contributed by atoms with Crippen LogP contribution in [0, 0.1) is 6.92 Å². The smallest absolute Gasteiger partial charge is 0.335 e. The van der Waals surface area contributed by atoms with E-state index in [4.69, 9.17) is 16.7 Å². The Balaban J connectivity index is 2.23. The van der Waals surface area contributed by atoms with Crippen molar-refractivity contribution in [2.24, 2.45) is 0 Å². The first-order valence-corrected chi connectivity index (χ1v) is 6.40. The molecular formula is C15H12ClNO4. The standard InChI is InChI=1S/C15H12ClNO4/c1-8-6-9(3-5-13(8)18)14(19)17-12-4-2-10(15(20)21)7-11(12)16/h2-7,18H,1H3,(H,17,19)(H,20,21). The number of carbonyl (C=O) groups is 2. The number of nitrogens with one attached hydrogen (secondary N) is 1. The monoisotopic (exact) mass is 305 g/mol. The third kappa shape index (κ3) is 3.32. The predicted molar refractivity (Wildman–Crippen MR) is 79.2 cm³/mol. The Hall–Kier alpha value is -2.53. The van der Waals surface area contributed by atoms with Crippen molar-refractivity contribution < 1.29 is 19.8 Å². The van der Waals surface area contributed by atoms with Crippen LogP contribution < -0.4 is 5.32 Å². The molecule has 0 radical (unpaired) electrons. The lowest BCUT2D eigenvalue weighted by Gasteiger charge is -2.09. The van der Waals surface area contributed by atoms with E-state index in [1.807, 2.05) is 0 Å². The van der Waals surface area contributed by atoms with Gasteiger partial charge in [-0.1, -0.05) is 11.6 Å². The van der Waals surface area contributed by atoms with Gasteiger partial charge in [-0.25, -0.2) is 4.79 Å². The normalized spacial score (nSPS) is 10.2. The second-order valence-electron chi connectivity index (χ2n) is 4.46. The molecule has 0 atom stereocenters. The number of aromatic hydroxyl groups is 1. The molecule has 0 aliphatic carbocycles. The van der Waals surface area contributed by atoms with E-state index in [-0.39, 0.29) is 16.3 Å². The number of anilines is 1. The zero-order valence-corrected chi connectivity index (χ0v) is 11.8. The Kier molecular flexibility index (Phi) is 4.14. The molecule has 0 aliphatic rings. The minimum Gasteiger partial charge on any atom is -0.508 e. The fourth-order valence-corrected chi connectivity index (χ4v) is 1.97. The summed E-state index contributed by atoms with van der Waals surface area (Å²) in [5, 5.41) is 21.0. The average Bonchev–Trinajstić information content (AvgIpc) is 2.43. The van der Waals surface area contributed by atoms with Crippen LogP contribution in [0.3, 0.4) is 0 Å². The summed E-state index contributed by atoms with van der Waals surface area (Å²) in [7, 11) is 0. The lowest BCUT2D eigenvalue weighted by atomic mass is 10.1. The number of aryl methyl sites for hydroxylation is 1. The maximum atomic E-state index is 12.1. The summed E-state index contributed by atoms with van der Waals surface area (Å²) in [5.41, 5.74) is 1.30. The molecule has 0 fully saturated rings. The van der Waals surface area contributed by atoms with Crippen LogP contribution in [0.15, 0.2) is 36.4 Å². The predicted octanol–water partition coefficient (Wildman–Crippen LogP) is 3.30. The van der Waals surface area contributed by atoms with Crippen LogP contribution in [-0.4, -0.2) is 22.1 Å². The van der Waals surface area contributed by atoms with Gasteiger partial charge in [-0.2, -0.15) is 0 Å². The van der Waals surface area contributed by atoms with Gasteiger partial charge in [-0.3, -0.25) is 4.79 Å². The van der Waals surface area contributed by atoms with Crippen LogP contribution in [0.25, 0.3) is 0 Å². The second kappa shape index (κ2) is 5.85. The van der Waals surface area contributed by atoms with Crippen molar-refractivity contribution in [1.82, 2.24) is 0 Å².